The Morgan fingerprint density at radius 3 is 2.55 bits per heavy atom. The van der Waals surface area contributed by atoms with E-state index in [4.69, 9.17) is 10.00 Å². The second-order valence-corrected chi connectivity index (χ2v) is 4.90. The van der Waals surface area contributed by atoms with Crippen LogP contribution >= 0.6 is 0 Å². The molecule has 1 atom stereocenters. The smallest absolute Gasteiger partial charge is 0.123 e. The number of ether oxygens (including phenoxy) is 1. The van der Waals surface area contributed by atoms with E-state index in [9.17, 15) is 0 Å². The van der Waals surface area contributed by atoms with Gasteiger partial charge in [-0.3, -0.25) is 0 Å². The SMILES string of the molecule is CCC(C)c1ccccc1OCc1ccccc1C#N. The van der Waals surface area contributed by atoms with Gasteiger partial charge < -0.3 is 4.74 Å². The maximum atomic E-state index is 9.09. The molecule has 0 saturated carbocycles. The Kier molecular flexibility index (Phi) is 4.79. The third-order valence-electron chi connectivity index (χ3n) is 3.58. The summed E-state index contributed by atoms with van der Waals surface area (Å²) in [7, 11) is 0. The van der Waals surface area contributed by atoms with Crippen LogP contribution in [0.25, 0.3) is 0 Å². The highest BCUT2D eigenvalue weighted by Crippen LogP contribution is 2.29. The predicted molar refractivity (Wildman–Crippen MR) is 80.6 cm³/mol. The number of hydrogen-bond donors (Lipinski definition) is 0. The molecule has 2 heteroatoms. The number of para-hydroxylation sites is 1. The van der Waals surface area contributed by atoms with E-state index in [1.54, 1.807) is 0 Å². The van der Waals surface area contributed by atoms with Gasteiger partial charge in [0.25, 0.3) is 0 Å². The van der Waals surface area contributed by atoms with Gasteiger partial charge in [0.05, 0.1) is 11.6 Å². The van der Waals surface area contributed by atoms with Gasteiger partial charge in [0.1, 0.15) is 12.4 Å². The molecule has 0 saturated heterocycles. The standard InChI is InChI=1S/C18H19NO/c1-3-14(2)17-10-6-7-11-18(17)20-13-16-9-5-4-8-15(16)12-19/h4-11,14H,3,13H2,1-2H3. The summed E-state index contributed by atoms with van der Waals surface area (Å²) in [5.74, 6) is 1.38. The molecule has 0 N–H and O–H groups in total. The van der Waals surface area contributed by atoms with Crippen molar-refractivity contribution in [2.45, 2.75) is 32.8 Å². The van der Waals surface area contributed by atoms with Crippen LogP contribution in [-0.4, -0.2) is 0 Å². The molecule has 0 aliphatic heterocycles. The number of hydrogen-bond acceptors (Lipinski definition) is 2. The fourth-order valence-corrected chi connectivity index (χ4v) is 2.15. The Morgan fingerprint density at radius 2 is 1.80 bits per heavy atom. The topological polar surface area (TPSA) is 33.0 Å². The summed E-state index contributed by atoms with van der Waals surface area (Å²) in [6.45, 7) is 4.80. The molecule has 0 bridgehead atoms. The summed E-state index contributed by atoms with van der Waals surface area (Å²) in [6.07, 6.45) is 1.08. The first-order valence-electron chi connectivity index (χ1n) is 6.96. The molecule has 0 radical (unpaired) electrons. The largest absolute Gasteiger partial charge is 0.489 e. The van der Waals surface area contributed by atoms with Gasteiger partial charge in [-0.05, 0) is 30.0 Å². The molecule has 20 heavy (non-hydrogen) atoms. The third kappa shape index (κ3) is 3.19. The van der Waals surface area contributed by atoms with Crippen LogP contribution in [0.2, 0.25) is 0 Å². The van der Waals surface area contributed by atoms with Crippen LogP contribution in [0.3, 0.4) is 0 Å². The van der Waals surface area contributed by atoms with Gasteiger partial charge >= 0.3 is 0 Å². The first-order chi connectivity index (χ1) is 9.76. The van der Waals surface area contributed by atoms with E-state index in [0.717, 1.165) is 17.7 Å². The van der Waals surface area contributed by atoms with Crippen molar-refractivity contribution in [3.63, 3.8) is 0 Å². The lowest BCUT2D eigenvalue weighted by molar-refractivity contribution is 0.301. The van der Waals surface area contributed by atoms with Crippen molar-refractivity contribution in [1.29, 1.82) is 5.26 Å². The second kappa shape index (κ2) is 6.77. The van der Waals surface area contributed by atoms with E-state index in [1.165, 1.54) is 5.56 Å². The second-order valence-electron chi connectivity index (χ2n) is 4.90. The number of rotatable bonds is 5. The van der Waals surface area contributed by atoms with E-state index < -0.39 is 0 Å². The molecular weight excluding hydrogens is 246 g/mol. The van der Waals surface area contributed by atoms with Crippen molar-refractivity contribution in [2.75, 3.05) is 0 Å². The minimum Gasteiger partial charge on any atom is -0.489 e. The molecule has 0 spiro atoms. The van der Waals surface area contributed by atoms with E-state index in [-0.39, 0.29) is 0 Å². The fraction of sp³-hybridized carbons (Fsp3) is 0.278. The third-order valence-corrected chi connectivity index (χ3v) is 3.58. The van der Waals surface area contributed by atoms with Crippen molar-refractivity contribution in [3.05, 3.63) is 65.2 Å². The van der Waals surface area contributed by atoms with Gasteiger partial charge in [0, 0.05) is 5.56 Å². The van der Waals surface area contributed by atoms with Crippen molar-refractivity contribution in [2.24, 2.45) is 0 Å². The summed E-state index contributed by atoms with van der Waals surface area (Å²) < 4.78 is 5.94. The van der Waals surface area contributed by atoms with Crippen LogP contribution < -0.4 is 4.74 Å². The molecule has 2 aromatic carbocycles. The lowest BCUT2D eigenvalue weighted by Crippen LogP contribution is -2.02. The van der Waals surface area contributed by atoms with Crippen molar-refractivity contribution >= 4 is 0 Å². The zero-order valence-corrected chi connectivity index (χ0v) is 12.0. The highest BCUT2D eigenvalue weighted by molar-refractivity contribution is 5.39. The molecule has 0 amide bonds. The molecule has 102 valence electrons. The molecule has 0 aromatic heterocycles. The quantitative estimate of drug-likeness (QED) is 0.788. The molecular formula is C18H19NO. The van der Waals surface area contributed by atoms with Crippen LogP contribution in [0.4, 0.5) is 0 Å². The number of nitriles is 1. The van der Waals surface area contributed by atoms with Crippen LogP contribution in [0, 0.1) is 11.3 Å². The van der Waals surface area contributed by atoms with E-state index in [1.807, 2.05) is 42.5 Å². The van der Waals surface area contributed by atoms with Crippen molar-refractivity contribution in [3.8, 4) is 11.8 Å². The first kappa shape index (κ1) is 14.1. The van der Waals surface area contributed by atoms with Gasteiger partial charge in [0.15, 0.2) is 0 Å². The maximum Gasteiger partial charge on any atom is 0.123 e. The maximum absolute atomic E-state index is 9.09. The lowest BCUT2D eigenvalue weighted by Gasteiger charge is -2.16. The van der Waals surface area contributed by atoms with Crippen molar-refractivity contribution < 1.29 is 4.74 Å². The van der Waals surface area contributed by atoms with Crippen LogP contribution in [-0.2, 0) is 6.61 Å². The average Bonchev–Trinajstić information content (AvgIpc) is 2.52. The lowest BCUT2D eigenvalue weighted by atomic mass is 9.98. The molecule has 1 unspecified atom stereocenters. The highest BCUT2D eigenvalue weighted by atomic mass is 16.5. The first-order valence-corrected chi connectivity index (χ1v) is 6.96. The Morgan fingerprint density at radius 1 is 1.10 bits per heavy atom. The van der Waals surface area contributed by atoms with Gasteiger partial charge in [-0.1, -0.05) is 50.2 Å². The Hall–Kier alpha value is -2.27. The predicted octanol–water partition coefficient (Wildman–Crippen LogP) is 4.65. The molecule has 0 aliphatic carbocycles. The Labute approximate surface area is 120 Å². The zero-order chi connectivity index (χ0) is 14.4. The normalized spacial score (nSPS) is 11.7. The molecule has 0 aliphatic rings. The Bertz CT molecular complexity index is 613. The van der Waals surface area contributed by atoms with Crippen LogP contribution in [0.15, 0.2) is 48.5 Å². The van der Waals surface area contributed by atoms with E-state index in [2.05, 4.69) is 26.0 Å². The molecule has 2 aromatic rings. The van der Waals surface area contributed by atoms with Gasteiger partial charge in [-0.2, -0.15) is 5.26 Å². The summed E-state index contributed by atoms with van der Waals surface area (Å²) >= 11 is 0. The Balaban J connectivity index is 2.17. The summed E-state index contributed by atoms with van der Waals surface area (Å²) in [5.41, 5.74) is 2.83. The molecule has 0 fully saturated rings. The number of nitrogens with zero attached hydrogens (tertiary/aromatic N) is 1. The highest BCUT2D eigenvalue weighted by Gasteiger charge is 2.10. The minimum absolute atomic E-state index is 0.428. The number of benzene rings is 2. The molecule has 2 nitrogen and oxygen atoms in total. The van der Waals surface area contributed by atoms with Gasteiger partial charge in [-0.15, -0.1) is 0 Å². The average molecular weight is 265 g/mol. The van der Waals surface area contributed by atoms with Gasteiger partial charge in [0.2, 0.25) is 0 Å². The van der Waals surface area contributed by atoms with Crippen molar-refractivity contribution in [1.82, 2.24) is 0 Å². The summed E-state index contributed by atoms with van der Waals surface area (Å²) in [5, 5.41) is 9.09. The van der Waals surface area contributed by atoms with Crippen LogP contribution in [0.1, 0.15) is 42.9 Å². The van der Waals surface area contributed by atoms with E-state index in [0.29, 0.717) is 18.1 Å². The summed E-state index contributed by atoms with van der Waals surface area (Å²) in [4.78, 5) is 0. The van der Waals surface area contributed by atoms with Gasteiger partial charge in [-0.25, -0.2) is 0 Å². The zero-order valence-electron chi connectivity index (χ0n) is 12.0. The summed E-state index contributed by atoms with van der Waals surface area (Å²) in [6, 6.07) is 17.9. The van der Waals surface area contributed by atoms with E-state index >= 15 is 0 Å². The van der Waals surface area contributed by atoms with Crippen LogP contribution in [0.5, 0.6) is 5.75 Å². The monoisotopic (exact) mass is 265 g/mol. The molecule has 0 heterocycles. The molecule has 2 rings (SSSR count). The minimum atomic E-state index is 0.428. The fourth-order valence-electron chi connectivity index (χ4n) is 2.15.